The van der Waals surface area contributed by atoms with Crippen LogP contribution in [0.15, 0.2) is 46.7 Å². The molecule has 0 fully saturated rings. The summed E-state index contributed by atoms with van der Waals surface area (Å²) in [6.07, 6.45) is 0. The second-order valence-corrected chi connectivity index (χ2v) is 8.46. The minimum absolute atomic E-state index is 0.119. The third kappa shape index (κ3) is 3.57. The lowest BCUT2D eigenvalue weighted by molar-refractivity contribution is 0.0983. The SMILES string of the molecule is COc1ccc(-c2nc(C(=O)N3CCSc4ccc(Cl)cc43)cs2)cc1OC. The van der Waals surface area contributed by atoms with Crippen LogP contribution in [0.25, 0.3) is 10.6 Å². The predicted octanol–water partition coefficient (Wildman–Crippen LogP) is 5.23. The van der Waals surface area contributed by atoms with E-state index in [1.54, 1.807) is 36.3 Å². The molecule has 0 saturated carbocycles. The number of methoxy groups -OCH3 is 2. The molecule has 144 valence electrons. The monoisotopic (exact) mass is 432 g/mol. The molecule has 0 spiro atoms. The summed E-state index contributed by atoms with van der Waals surface area (Å²) in [5.41, 5.74) is 2.14. The maximum Gasteiger partial charge on any atom is 0.277 e. The molecule has 0 N–H and O–H groups in total. The Labute approximate surface area is 176 Å². The highest BCUT2D eigenvalue weighted by Gasteiger charge is 2.26. The summed E-state index contributed by atoms with van der Waals surface area (Å²) in [6, 6.07) is 11.2. The van der Waals surface area contributed by atoms with Crippen molar-refractivity contribution in [2.45, 2.75) is 4.90 Å². The van der Waals surface area contributed by atoms with Gasteiger partial charge in [0.1, 0.15) is 10.7 Å². The van der Waals surface area contributed by atoms with E-state index >= 15 is 0 Å². The zero-order valence-corrected chi connectivity index (χ0v) is 17.7. The van der Waals surface area contributed by atoms with Crippen LogP contribution in [-0.4, -0.2) is 37.4 Å². The summed E-state index contributed by atoms with van der Waals surface area (Å²) in [5, 5.41) is 3.16. The number of thiazole rings is 1. The second-order valence-electron chi connectivity index (χ2n) is 6.02. The fourth-order valence-electron chi connectivity index (χ4n) is 3.01. The van der Waals surface area contributed by atoms with Gasteiger partial charge in [-0.25, -0.2) is 4.98 Å². The van der Waals surface area contributed by atoms with Gasteiger partial charge in [0.25, 0.3) is 5.91 Å². The third-order valence-electron chi connectivity index (χ3n) is 4.38. The number of amides is 1. The highest BCUT2D eigenvalue weighted by atomic mass is 35.5. The second kappa shape index (κ2) is 8.03. The summed E-state index contributed by atoms with van der Waals surface area (Å²) in [4.78, 5) is 20.5. The number of aromatic nitrogens is 1. The van der Waals surface area contributed by atoms with Gasteiger partial charge in [0.15, 0.2) is 11.5 Å². The molecule has 4 rings (SSSR count). The molecular formula is C20H17ClN2O3S2. The van der Waals surface area contributed by atoms with E-state index in [0.29, 0.717) is 28.8 Å². The number of halogens is 1. The number of hydrogen-bond acceptors (Lipinski definition) is 6. The summed E-state index contributed by atoms with van der Waals surface area (Å²) in [6.45, 7) is 0.625. The van der Waals surface area contributed by atoms with Gasteiger partial charge >= 0.3 is 0 Å². The van der Waals surface area contributed by atoms with Crippen LogP contribution in [0.3, 0.4) is 0 Å². The maximum absolute atomic E-state index is 13.1. The fraction of sp³-hybridized carbons (Fsp3) is 0.200. The average molecular weight is 433 g/mol. The smallest absolute Gasteiger partial charge is 0.277 e. The lowest BCUT2D eigenvalue weighted by Crippen LogP contribution is -2.35. The molecule has 0 saturated heterocycles. The summed E-state index contributed by atoms with van der Waals surface area (Å²) >= 11 is 9.30. The maximum atomic E-state index is 13.1. The van der Waals surface area contributed by atoms with Gasteiger partial charge in [-0.2, -0.15) is 0 Å². The van der Waals surface area contributed by atoms with E-state index in [9.17, 15) is 4.79 Å². The molecule has 8 heteroatoms. The number of thioether (sulfide) groups is 1. The highest BCUT2D eigenvalue weighted by molar-refractivity contribution is 7.99. The Balaban J connectivity index is 1.64. The van der Waals surface area contributed by atoms with Gasteiger partial charge in [0.05, 0.1) is 19.9 Å². The van der Waals surface area contributed by atoms with E-state index in [2.05, 4.69) is 4.98 Å². The summed E-state index contributed by atoms with van der Waals surface area (Å²) in [5.74, 6) is 2.00. The summed E-state index contributed by atoms with van der Waals surface area (Å²) in [7, 11) is 3.19. The van der Waals surface area contributed by atoms with Crippen molar-refractivity contribution >= 4 is 46.3 Å². The van der Waals surface area contributed by atoms with Crippen LogP contribution in [0.4, 0.5) is 5.69 Å². The quantitative estimate of drug-likeness (QED) is 0.564. The lowest BCUT2D eigenvalue weighted by Gasteiger charge is -2.28. The highest BCUT2D eigenvalue weighted by Crippen LogP contribution is 2.38. The molecule has 5 nitrogen and oxygen atoms in total. The number of carbonyl (C=O) groups excluding carboxylic acids is 1. The van der Waals surface area contributed by atoms with E-state index in [4.69, 9.17) is 21.1 Å². The van der Waals surface area contributed by atoms with Gasteiger partial charge in [-0.15, -0.1) is 23.1 Å². The van der Waals surface area contributed by atoms with Gasteiger partial charge in [0.2, 0.25) is 0 Å². The number of nitrogens with zero attached hydrogens (tertiary/aromatic N) is 2. The van der Waals surface area contributed by atoms with Crippen molar-refractivity contribution in [3.63, 3.8) is 0 Å². The van der Waals surface area contributed by atoms with Gasteiger partial charge < -0.3 is 14.4 Å². The van der Waals surface area contributed by atoms with Crippen LogP contribution in [0.1, 0.15) is 10.5 Å². The number of benzene rings is 2. The van der Waals surface area contributed by atoms with E-state index in [-0.39, 0.29) is 5.91 Å². The largest absolute Gasteiger partial charge is 0.493 e. The average Bonchev–Trinajstić information content (AvgIpc) is 3.22. The standard InChI is InChI=1S/C20H17ClN2O3S2/c1-25-16-5-3-12(9-17(16)26-2)19-22-14(11-28-19)20(24)23-7-8-27-18-6-4-13(21)10-15(18)23/h3-6,9-11H,7-8H2,1-2H3. The van der Waals surface area contributed by atoms with Crippen molar-refractivity contribution in [2.75, 3.05) is 31.4 Å². The molecule has 1 aromatic heterocycles. The number of carbonyl (C=O) groups is 1. The minimum Gasteiger partial charge on any atom is -0.493 e. The molecule has 0 radical (unpaired) electrons. The molecule has 2 heterocycles. The predicted molar refractivity (Wildman–Crippen MR) is 115 cm³/mol. The Kier molecular flexibility index (Phi) is 5.48. The van der Waals surface area contributed by atoms with Crippen LogP contribution in [0.5, 0.6) is 11.5 Å². The van der Waals surface area contributed by atoms with Crippen LogP contribution in [-0.2, 0) is 0 Å². The Morgan fingerprint density at radius 2 is 1.96 bits per heavy atom. The van der Waals surface area contributed by atoms with Crippen molar-refractivity contribution in [1.29, 1.82) is 0 Å². The van der Waals surface area contributed by atoms with Crippen molar-refractivity contribution in [3.05, 3.63) is 52.5 Å². The zero-order valence-electron chi connectivity index (χ0n) is 15.3. The van der Waals surface area contributed by atoms with E-state index in [1.807, 2.05) is 36.4 Å². The number of fused-ring (bicyclic) bond motifs is 1. The first-order valence-electron chi connectivity index (χ1n) is 8.53. The molecule has 1 aliphatic rings. The molecule has 3 aromatic rings. The lowest BCUT2D eigenvalue weighted by atomic mass is 10.2. The Hall–Kier alpha value is -2.22. The number of anilines is 1. The van der Waals surface area contributed by atoms with Crippen LogP contribution in [0.2, 0.25) is 5.02 Å². The zero-order chi connectivity index (χ0) is 19.7. The van der Waals surface area contributed by atoms with Gasteiger partial charge in [-0.05, 0) is 36.4 Å². The molecule has 1 aliphatic heterocycles. The van der Waals surface area contributed by atoms with Crippen LogP contribution < -0.4 is 14.4 Å². The number of hydrogen-bond donors (Lipinski definition) is 0. The minimum atomic E-state index is -0.119. The molecule has 0 bridgehead atoms. The van der Waals surface area contributed by atoms with Gasteiger partial charge in [0, 0.05) is 33.2 Å². The Bertz CT molecular complexity index is 1040. The first-order chi connectivity index (χ1) is 13.6. The molecule has 0 atom stereocenters. The van der Waals surface area contributed by atoms with Crippen molar-refractivity contribution in [1.82, 2.24) is 4.98 Å². The van der Waals surface area contributed by atoms with Crippen molar-refractivity contribution in [3.8, 4) is 22.1 Å². The van der Waals surface area contributed by atoms with Crippen molar-refractivity contribution in [2.24, 2.45) is 0 Å². The molecule has 28 heavy (non-hydrogen) atoms. The van der Waals surface area contributed by atoms with E-state index < -0.39 is 0 Å². The first-order valence-corrected chi connectivity index (χ1v) is 10.8. The van der Waals surface area contributed by atoms with Crippen molar-refractivity contribution < 1.29 is 14.3 Å². The van der Waals surface area contributed by atoms with E-state index in [0.717, 1.165) is 26.9 Å². The van der Waals surface area contributed by atoms with Gasteiger partial charge in [-0.1, -0.05) is 11.6 Å². The Morgan fingerprint density at radius 3 is 2.75 bits per heavy atom. The number of ether oxygens (including phenoxy) is 2. The molecule has 1 amide bonds. The molecule has 0 unspecified atom stereocenters. The van der Waals surface area contributed by atoms with E-state index in [1.165, 1.54) is 11.3 Å². The first kappa shape index (κ1) is 19.1. The Morgan fingerprint density at radius 1 is 1.14 bits per heavy atom. The number of rotatable bonds is 4. The van der Waals surface area contributed by atoms with Gasteiger partial charge in [-0.3, -0.25) is 4.79 Å². The topological polar surface area (TPSA) is 51.7 Å². The van der Waals surface area contributed by atoms with Crippen LogP contribution in [0, 0.1) is 0 Å². The molecular weight excluding hydrogens is 416 g/mol. The summed E-state index contributed by atoms with van der Waals surface area (Å²) < 4.78 is 10.6. The third-order valence-corrected chi connectivity index (χ3v) is 6.55. The molecule has 0 aliphatic carbocycles. The van der Waals surface area contributed by atoms with Crippen LogP contribution >= 0.6 is 34.7 Å². The molecule has 2 aromatic carbocycles. The fourth-order valence-corrected chi connectivity index (χ4v) is 4.95. The normalized spacial score (nSPS) is 13.2.